The summed E-state index contributed by atoms with van der Waals surface area (Å²) < 4.78 is 0. The van der Waals surface area contributed by atoms with Crippen LogP contribution in [0.3, 0.4) is 0 Å². The minimum Gasteiger partial charge on any atom is -0.299 e. The van der Waals surface area contributed by atoms with E-state index in [1.165, 1.54) is 11.1 Å². The normalized spacial score (nSPS) is 14.8. The molecule has 17 heavy (non-hydrogen) atoms. The van der Waals surface area contributed by atoms with Gasteiger partial charge in [0.25, 0.3) is 0 Å². The first-order chi connectivity index (χ1) is 8.04. The molecule has 1 unspecified atom stereocenters. The van der Waals surface area contributed by atoms with E-state index in [2.05, 4.69) is 44.2 Å². The van der Waals surface area contributed by atoms with E-state index in [0.29, 0.717) is 0 Å². The number of carbonyl (C=O) groups excluding carboxylic acids is 1. The lowest BCUT2D eigenvalue weighted by Crippen LogP contribution is -2.28. The van der Waals surface area contributed by atoms with Crippen LogP contribution in [0.4, 0.5) is 0 Å². The Labute approximate surface area is 105 Å². The third-order valence-electron chi connectivity index (χ3n) is 3.46. The Balaban J connectivity index is 3.01. The van der Waals surface area contributed by atoms with Gasteiger partial charge in [-0.1, -0.05) is 48.9 Å². The summed E-state index contributed by atoms with van der Waals surface area (Å²) in [6, 6.07) is 8.44. The van der Waals surface area contributed by atoms with Crippen LogP contribution in [-0.4, -0.2) is 5.78 Å². The predicted octanol–water partition coefficient (Wildman–Crippen LogP) is 4.10. The molecule has 1 atom stereocenters. The van der Waals surface area contributed by atoms with E-state index >= 15 is 0 Å². The lowest BCUT2D eigenvalue weighted by molar-refractivity contribution is -0.124. The average molecular weight is 230 g/mol. The van der Waals surface area contributed by atoms with Crippen molar-refractivity contribution in [1.29, 1.82) is 0 Å². The van der Waals surface area contributed by atoms with Crippen molar-refractivity contribution >= 4 is 5.78 Å². The Hall–Kier alpha value is -1.37. The molecule has 0 bridgehead atoms. The van der Waals surface area contributed by atoms with Gasteiger partial charge in [-0.15, -0.1) is 0 Å². The summed E-state index contributed by atoms with van der Waals surface area (Å²) in [6.45, 7) is 7.82. The Bertz CT molecular complexity index is 400. The maximum absolute atomic E-state index is 11.9. The van der Waals surface area contributed by atoms with Gasteiger partial charge in [0.2, 0.25) is 0 Å². The van der Waals surface area contributed by atoms with Crippen molar-refractivity contribution in [2.24, 2.45) is 5.41 Å². The molecule has 0 aliphatic heterocycles. The van der Waals surface area contributed by atoms with Crippen LogP contribution in [-0.2, 0) is 11.2 Å². The third kappa shape index (κ3) is 3.29. The SMILES string of the molecule is CC=CC(CC)(Cc1ccc(C)cc1)C(C)=O. The summed E-state index contributed by atoms with van der Waals surface area (Å²) in [7, 11) is 0. The van der Waals surface area contributed by atoms with Gasteiger partial charge < -0.3 is 0 Å². The van der Waals surface area contributed by atoms with Crippen LogP contribution in [0.25, 0.3) is 0 Å². The van der Waals surface area contributed by atoms with E-state index in [1.807, 2.05) is 13.0 Å². The standard InChI is InChI=1S/C16H22O/c1-5-11-16(6-2,14(4)17)12-15-9-7-13(3)8-10-15/h5,7-11H,6,12H2,1-4H3. The Kier molecular flexibility index (Phi) is 4.68. The smallest absolute Gasteiger partial charge is 0.140 e. The zero-order valence-electron chi connectivity index (χ0n) is 11.3. The molecular formula is C16H22O. The second-order valence-corrected chi connectivity index (χ2v) is 4.73. The summed E-state index contributed by atoms with van der Waals surface area (Å²) >= 11 is 0. The summed E-state index contributed by atoms with van der Waals surface area (Å²) in [6.07, 6.45) is 5.68. The van der Waals surface area contributed by atoms with Crippen LogP contribution in [0.5, 0.6) is 0 Å². The lowest BCUT2D eigenvalue weighted by atomic mass is 9.76. The largest absolute Gasteiger partial charge is 0.299 e. The highest BCUT2D eigenvalue weighted by Gasteiger charge is 2.30. The maximum Gasteiger partial charge on any atom is 0.140 e. The van der Waals surface area contributed by atoms with Crippen molar-refractivity contribution in [2.45, 2.75) is 40.5 Å². The van der Waals surface area contributed by atoms with Gasteiger partial charge in [0.15, 0.2) is 0 Å². The van der Waals surface area contributed by atoms with Crippen LogP contribution < -0.4 is 0 Å². The van der Waals surface area contributed by atoms with E-state index in [9.17, 15) is 4.79 Å². The van der Waals surface area contributed by atoms with Gasteiger partial charge in [-0.2, -0.15) is 0 Å². The van der Waals surface area contributed by atoms with Gasteiger partial charge in [0, 0.05) is 0 Å². The van der Waals surface area contributed by atoms with Crippen LogP contribution >= 0.6 is 0 Å². The number of allylic oxidation sites excluding steroid dienone is 2. The molecule has 1 aromatic carbocycles. The van der Waals surface area contributed by atoms with Crippen LogP contribution in [0.15, 0.2) is 36.4 Å². The molecule has 1 heteroatoms. The van der Waals surface area contributed by atoms with Crippen LogP contribution in [0, 0.1) is 12.3 Å². The van der Waals surface area contributed by atoms with Gasteiger partial charge in [0.05, 0.1) is 5.41 Å². The van der Waals surface area contributed by atoms with E-state index in [0.717, 1.165) is 12.8 Å². The van der Waals surface area contributed by atoms with E-state index in [1.54, 1.807) is 6.92 Å². The molecule has 0 saturated heterocycles. The Morgan fingerprint density at radius 2 is 1.88 bits per heavy atom. The van der Waals surface area contributed by atoms with Crippen molar-refractivity contribution in [3.63, 3.8) is 0 Å². The van der Waals surface area contributed by atoms with Gasteiger partial charge in [-0.05, 0) is 39.2 Å². The average Bonchev–Trinajstić information content (AvgIpc) is 2.31. The number of hydrogen-bond donors (Lipinski definition) is 0. The van der Waals surface area contributed by atoms with Crippen molar-refractivity contribution in [3.8, 4) is 0 Å². The summed E-state index contributed by atoms with van der Waals surface area (Å²) in [5, 5.41) is 0. The molecule has 1 rings (SSSR count). The van der Waals surface area contributed by atoms with Crippen molar-refractivity contribution < 1.29 is 4.79 Å². The number of ketones is 1. The van der Waals surface area contributed by atoms with Gasteiger partial charge >= 0.3 is 0 Å². The highest BCUT2D eigenvalue weighted by molar-refractivity contribution is 5.84. The number of rotatable bonds is 5. The summed E-state index contributed by atoms with van der Waals surface area (Å²) in [4.78, 5) is 11.9. The molecular weight excluding hydrogens is 208 g/mol. The quantitative estimate of drug-likeness (QED) is 0.696. The molecule has 0 spiro atoms. The number of hydrogen-bond acceptors (Lipinski definition) is 1. The third-order valence-corrected chi connectivity index (χ3v) is 3.46. The fourth-order valence-electron chi connectivity index (χ4n) is 2.18. The lowest BCUT2D eigenvalue weighted by Gasteiger charge is -2.26. The highest BCUT2D eigenvalue weighted by atomic mass is 16.1. The molecule has 0 radical (unpaired) electrons. The maximum atomic E-state index is 11.9. The first-order valence-corrected chi connectivity index (χ1v) is 6.24. The van der Waals surface area contributed by atoms with Gasteiger partial charge in [0.1, 0.15) is 5.78 Å². The number of carbonyl (C=O) groups is 1. The molecule has 92 valence electrons. The fraction of sp³-hybridized carbons (Fsp3) is 0.438. The van der Waals surface area contributed by atoms with Crippen LogP contribution in [0.1, 0.15) is 38.3 Å². The molecule has 0 N–H and O–H groups in total. The Morgan fingerprint density at radius 3 is 2.29 bits per heavy atom. The zero-order valence-corrected chi connectivity index (χ0v) is 11.3. The molecule has 0 fully saturated rings. The Morgan fingerprint density at radius 1 is 1.29 bits per heavy atom. The first kappa shape index (κ1) is 13.7. The first-order valence-electron chi connectivity index (χ1n) is 6.24. The number of Topliss-reactive ketones (excluding diaryl/α,β-unsaturated/α-hetero) is 1. The summed E-state index contributed by atoms with van der Waals surface area (Å²) in [5.74, 6) is 0.249. The van der Waals surface area contributed by atoms with Gasteiger partial charge in [-0.3, -0.25) is 4.79 Å². The topological polar surface area (TPSA) is 17.1 Å². The van der Waals surface area contributed by atoms with E-state index in [4.69, 9.17) is 0 Å². The molecule has 0 aromatic heterocycles. The molecule has 0 saturated carbocycles. The molecule has 1 nitrogen and oxygen atoms in total. The van der Waals surface area contributed by atoms with Crippen molar-refractivity contribution in [1.82, 2.24) is 0 Å². The second kappa shape index (κ2) is 5.81. The minimum atomic E-state index is -0.329. The van der Waals surface area contributed by atoms with Crippen molar-refractivity contribution in [3.05, 3.63) is 47.5 Å². The predicted molar refractivity (Wildman–Crippen MR) is 73.1 cm³/mol. The second-order valence-electron chi connectivity index (χ2n) is 4.73. The molecule has 0 amide bonds. The van der Waals surface area contributed by atoms with Crippen LogP contribution in [0.2, 0.25) is 0 Å². The van der Waals surface area contributed by atoms with Crippen molar-refractivity contribution in [2.75, 3.05) is 0 Å². The number of aryl methyl sites for hydroxylation is 1. The zero-order chi connectivity index (χ0) is 12.9. The molecule has 0 aliphatic carbocycles. The fourth-order valence-corrected chi connectivity index (χ4v) is 2.18. The molecule has 0 heterocycles. The van der Waals surface area contributed by atoms with Gasteiger partial charge in [-0.25, -0.2) is 0 Å². The monoisotopic (exact) mass is 230 g/mol. The molecule has 1 aromatic rings. The number of benzene rings is 1. The van der Waals surface area contributed by atoms with E-state index < -0.39 is 0 Å². The molecule has 0 aliphatic rings. The van der Waals surface area contributed by atoms with E-state index in [-0.39, 0.29) is 11.2 Å². The summed E-state index contributed by atoms with van der Waals surface area (Å²) in [5.41, 5.74) is 2.15. The minimum absolute atomic E-state index is 0.249. The highest BCUT2D eigenvalue weighted by Crippen LogP contribution is 2.30.